The lowest BCUT2D eigenvalue weighted by Crippen LogP contribution is -2.24. The maximum absolute atomic E-state index is 10.1. The molecule has 0 spiro atoms. The zero-order valence-corrected chi connectivity index (χ0v) is 13.7. The summed E-state index contributed by atoms with van der Waals surface area (Å²) < 4.78 is 5.89. The Labute approximate surface area is 138 Å². The summed E-state index contributed by atoms with van der Waals surface area (Å²) >= 11 is 7.25. The van der Waals surface area contributed by atoms with Crippen LogP contribution >= 0.6 is 22.9 Å². The van der Waals surface area contributed by atoms with Crippen molar-refractivity contribution in [2.45, 2.75) is 19.1 Å². The molecule has 0 aliphatic carbocycles. The topological polar surface area (TPSA) is 65.3 Å². The van der Waals surface area contributed by atoms with Crippen LogP contribution in [0.1, 0.15) is 29.5 Å². The van der Waals surface area contributed by atoms with Crippen molar-refractivity contribution in [3.63, 3.8) is 0 Å². The van der Waals surface area contributed by atoms with Gasteiger partial charge in [0.1, 0.15) is 17.9 Å². The summed E-state index contributed by atoms with van der Waals surface area (Å²) in [6.45, 7) is 2.52. The van der Waals surface area contributed by atoms with Crippen molar-refractivity contribution < 1.29 is 9.84 Å². The van der Waals surface area contributed by atoms with Crippen molar-refractivity contribution in [3.8, 4) is 11.8 Å². The molecule has 2 rings (SSSR count). The van der Waals surface area contributed by atoms with Crippen molar-refractivity contribution in [2.75, 3.05) is 13.2 Å². The van der Waals surface area contributed by atoms with Gasteiger partial charge in [0, 0.05) is 17.5 Å². The fourth-order valence-electron chi connectivity index (χ4n) is 1.98. The first kappa shape index (κ1) is 16.8. The molecule has 2 N–H and O–H groups in total. The molecule has 0 saturated carbocycles. The maximum atomic E-state index is 10.1. The summed E-state index contributed by atoms with van der Waals surface area (Å²) in [4.78, 5) is 0.852. The molecule has 116 valence electrons. The number of nitriles is 1. The third-order valence-corrected chi connectivity index (χ3v) is 4.56. The summed E-state index contributed by atoms with van der Waals surface area (Å²) in [5.74, 6) is 0.672. The third kappa shape index (κ3) is 4.72. The van der Waals surface area contributed by atoms with Crippen LogP contribution in [0.5, 0.6) is 5.75 Å². The van der Waals surface area contributed by atoms with Gasteiger partial charge in [-0.25, -0.2) is 0 Å². The zero-order valence-electron chi connectivity index (χ0n) is 12.1. The molecule has 0 aliphatic heterocycles. The molecule has 2 unspecified atom stereocenters. The minimum absolute atomic E-state index is 0.0444. The highest BCUT2D eigenvalue weighted by molar-refractivity contribution is 7.16. The van der Waals surface area contributed by atoms with E-state index in [-0.39, 0.29) is 12.6 Å². The number of hydrogen-bond donors (Lipinski definition) is 2. The quantitative estimate of drug-likeness (QED) is 0.809. The van der Waals surface area contributed by atoms with Crippen LogP contribution in [0.4, 0.5) is 0 Å². The van der Waals surface area contributed by atoms with Crippen molar-refractivity contribution in [2.24, 2.45) is 0 Å². The number of aliphatic hydroxyl groups is 1. The molecule has 1 heterocycles. The molecule has 0 aliphatic rings. The van der Waals surface area contributed by atoms with Crippen LogP contribution in [0.25, 0.3) is 0 Å². The first-order valence-electron chi connectivity index (χ1n) is 6.86. The Kier molecular flexibility index (Phi) is 6.22. The minimum atomic E-state index is -0.571. The molecule has 6 heteroatoms. The van der Waals surface area contributed by atoms with E-state index in [1.54, 1.807) is 6.07 Å². The smallest absolute Gasteiger partial charge is 0.174 e. The molecule has 0 radical (unpaired) electrons. The number of rotatable bonds is 7. The van der Waals surface area contributed by atoms with Crippen molar-refractivity contribution in [3.05, 3.63) is 51.2 Å². The van der Waals surface area contributed by atoms with E-state index in [1.807, 2.05) is 43.3 Å². The largest absolute Gasteiger partial charge is 0.479 e. The second kappa shape index (κ2) is 8.16. The Morgan fingerprint density at radius 2 is 2.05 bits per heavy atom. The van der Waals surface area contributed by atoms with Gasteiger partial charge in [-0.3, -0.25) is 0 Å². The van der Waals surface area contributed by atoms with Crippen LogP contribution in [-0.2, 0) is 0 Å². The zero-order chi connectivity index (χ0) is 15.9. The van der Waals surface area contributed by atoms with Gasteiger partial charge in [-0.05, 0) is 36.8 Å². The fourth-order valence-corrected chi connectivity index (χ4v) is 3.03. The van der Waals surface area contributed by atoms with Crippen LogP contribution in [0.3, 0.4) is 0 Å². The van der Waals surface area contributed by atoms with E-state index in [2.05, 4.69) is 5.32 Å². The first-order valence-corrected chi connectivity index (χ1v) is 8.06. The Bertz CT molecular complexity index is 636. The molecule has 0 fully saturated rings. The van der Waals surface area contributed by atoms with Gasteiger partial charge in [0.05, 0.1) is 4.34 Å². The van der Waals surface area contributed by atoms with E-state index in [9.17, 15) is 5.11 Å². The molecule has 0 saturated heterocycles. The highest BCUT2D eigenvalue weighted by Crippen LogP contribution is 2.27. The van der Waals surface area contributed by atoms with E-state index < -0.39 is 6.10 Å². The summed E-state index contributed by atoms with van der Waals surface area (Å²) in [6, 6.07) is 13.2. The van der Waals surface area contributed by atoms with E-state index in [1.165, 1.54) is 11.3 Å². The van der Waals surface area contributed by atoms with Gasteiger partial charge >= 0.3 is 0 Å². The Hall–Kier alpha value is -1.58. The lowest BCUT2D eigenvalue weighted by molar-refractivity contribution is 0.174. The van der Waals surface area contributed by atoms with Gasteiger partial charge in [-0.15, -0.1) is 11.3 Å². The Morgan fingerprint density at radius 1 is 1.32 bits per heavy atom. The molecule has 1 aromatic carbocycles. The van der Waals surface area contributed by atoms with E-state index >= 15 is 0 Å². The number of ether oxygens (including phenoxy) is 1. The van der Waals surface area contributed by atoms with Gasteiger partial charge in [-0.2, -0.15) is 5.26 Å². The number of nitrogens with zero attached hydrogens (tertiary/aromatic N) is 1. The average Bonchev–Trinajstić information content (AvgIpc) is 2.97. The predicted molar refractivity (Wildman–Crippen MR) is 88.3 cm³/mol. The van der Waals surface area contributed by atoms with E-state index in [0.717, 1.165) is 10.4 Å². The maximum Gasteiger partial charge on any atom is 0.174 e. The molecule has 0 amide bonds. The Morgan fingerprint density at radius 3 is 2.64 bits per heavy atom. The second-order valence-corrected chi connectivity index (χ2v) is 6.55. The fraction of sp³-hybridized carbons (Fsp3) is 0.312. The molecular weight excluding hydrogens is 320 g/mol. The summed E-state index contributed by atoms with van der Waals surface area (Å²) in [7, 11) is 0. The predicted octanol–water partition coefficient (Wildman–Crippen LogP) is 3.69. The number of aliphatic hydroxyl groups excluding tert-OH is 1. The van der Waals surface area contributed by atoms with E-state index in [4.69, 9.17) is 21.6 Å². The van der Waals surface area contributed by atoms with Gasteiger partial charge in [0.15, 0.2) is 6.61 Å². The van der Waals surface area contributed by atoms with Crippen molar-refractivity contribution >= 4 is 22.9 Å². The van der Waals surface area contributed by atoms with Crippen LogP contribution in [0, 0.1) is 11.3 Å². The molecule has 4 nitrogen and oxygen atoms in total. The van der Waals surface area contributed by atoms with E-state index in [0.29, 0.717) is 16.6 Å². The number of hydrogen-bond acceptors (Lipinski definition) is 5. The lowest BCUT2D eigenvalue weighted by atomic mass is 10.1. The summed E-state index contributed by atoms with van der Waals surface area (Å²) in [5, 5.41) is 21.9. The highest BCUT2D eigenvalue weighted by Gasteiger charge is 2.12. The van der Waals surface area contributed by atoms with Gasteiger partial charge in [-0.1, -0.05) is 23.7 Å². The second-order valence-electron chi connectivity index (χ2n) is 4.80. The molecule has 0 bridgehead atoms. The molecule has 22 heavy (non-hydrogen) atoms. The number of benzene rings is 1. The normalized spacial score (nSPS) is 13.4. The van der Waals surface area contributed by atoms with Crippen LogP contribution in [0.15, 0.2) is 36.4 Å². The Balaban J connectivity index is 1.86. The van der Waals surface area contributed by atoms with Crippen molar-refractivity contribution in [1.82, 2.24) is 5.32 Å². The SMILES string of the molecule is CC(NCC(O)c1ccc(Cl)s1)c1ccc(OCC#N)cc1. The van der Waals surface area contributed by atoms with Gasteiger partial charge < -0.3 is 15.2 Å². The monoisotopic (exact) mass is 336 g/mol. The standard InChI is InChI=1S/C16H17ClN2O2S/c1-11(12-2-4-13(5-3-12)21-9-8-18)19-10-14(20)15-6-7-16(17)22-15/h2-7,11,14,19-20H,9-10H2,1H3. The van der Waals surface area contributed by atoms with Gasteiger partial charge in [0.2, 0.25) is 0 Å². The summed E-state index contributed by atoms with van der Waals surface area (Å²) in [6.07, 6.45) is -0.571. The van der Waals surface area contributed by atoms with Crippen LogP contribution < -0.4 is 10.1 Å². The average molecular weight is 337 g/mol. The number of nitrogens with one attached hydrogen (secondary N) is 1. The third-order valence-electron chi connectivity index (χ3n) is 3.22. The lowest BCUT2D eigenvalue weighted by Gasteiger charge is -2.17. The minimum Gasteiger partial charge on any atom is -0.479 e. The molecule has 2 aromatic rings. The number of halogens is 1. The molecule has 2 atom stereocenters. The van der Waals surface area contributed by atoms with Gasteiger partial charge in [0.25, 0.3) is 0 Å². The van der Waals surface area contributed by atoms with Crippen molar-refractivity contribution in [1.29, 1.82) is 5.26 Å². The number of thiophene rings is 1. The highest BCUT2D eigenvalue weighted by atomic mass is 35.5. The first-order chi connectivity index (χ1) is 10.6. The summed E-state index contributed by atoms with van der Waals surface area (Å²) in [5.41, 5.74) is 1.08. The van der Waals surface area contributed by atoms with Crippen LogP contribution in [0.2, 0.25) is 4.34 Å². The molecular formula is C16H17ClN2O2S. The van der Waals surface area contributed by atoms with Crippen LogP contribution in [-0.4, -0.2) is 18.3 Å². The molecule has 1 aromatic heterocycles.